The van der Waals surface area contributed by atoms with Gasteiger partial charge in [0.2, 0.25) is 5.91 Å². The van der Waals surface area contributed by atoms with Crippen molar-refractivity contribution < 1.29 is 9.90 Å². The largest absolute Gasteiger partial charge is 0.508 e. The van der Waals surface area contributed by atoms with Gasteiger partial charge in [0.15, 0.2) is 0 Å². The van der Waals surface area contributed by atoms with Crippen molar-refractivity contribution in [1.29, 1.82) is 0 Å². The Hall–Kier alpha value is -3.09. The standard InChI is InChI=1S/C22H26N4O3/c1-14-12-23-10-9-18(14)24-21(28)16-5-3-15(4-6-16)13-26-20-11-17(27)7-8-19(20)25(2)22(26)29/h7-12,15-16,27H,3-6,13H2,1-2H3,(H,23,24,28). The summed E-state index contributed by atoms with van der Waals surface area (Å²) in [5.41, 5.74) is 3.26. The van der Waals surface area contributed by atoms with Gasteiger partial charge in [-0.2, -0.15) is 0 Å². The minimum absolute atomic E-state index is 0.00732. The lowest BCUT2D eigenvalue weighted by molar-refractivity contribution is -0.121. The van der Waals surface area contributed by atoms with Crippen LogP contribution in [0.3, 0.4) is 0 Å². The number of amides is 1. The summed E-state index contributed by atoms with van der Waals surface area (Å²) >= 11 is 0. The third-order valence-electron chi connectivity index (χ3n) is 6.07. The van der Waals surface area contributed by atoms with Crippen LogP contribution in [0.1, 0.15) is 31.2 Å². The van der Waals surface area contributed by atoms with Crippen molar-refractivity contribution in [2.45, 2.75) is 39.2 Å². The molecule has 0 spiro atoms. The monoisotopic (exact) mass is 394 g/mol. The van der Waals surface area contributed by atoms with E-state index in [1.807, 2.05) is 13.0 Å². The van der Waals surface area contributed by atoms with Crippen LogP contribution >= 0.6 is 0 Å². The van der Waals surface area contributed by atoms with Crippen LogP contribution in [-0.2, 0) is 18.4 Å². The smallest absolute Gasteiger partial charge is 0.328 e. The predicted molar refractivity (Wildman–Crippen MR) is 112 cm³/mol. The van der Waals surface area contributed by atoms with Gasteiger partial charge < -0.3 is 10.4 Å². The lowest BCUT2D eigenvalue weighted by atomic mass is 9.81. The number of phenolic OH excluding ortho intramolecular Hbond substituents is 1. The van der Waals surface area contributed by atoms with Crippen molar-refractivity contribution in [1.82, 2.24) is 14.1 Å². The van der Waals surface area contributed by atoms with Gasteiger partial charge in [-0.15, -0.1) is 0 Å². The molecule has 2 N–H and O–H groups in total. The molecule has 0 radical (unpaired) electrons. The number of pyridine rings is 1. The fourth-order valence-electron chi connectivity index (χ4n) is 4.29. The van der Waals surface area contributed by atoms with E-state index in [9.17, 15) is 14.7 Å². The van der Waals surface area contributed by atoms with E-state index in [1.54, 1.807) is 46.8 Å². The molecule has 0 aliphatic heterocycles. The fourth-order valence-corrected chi connectivity index (χ4v) is 4.29. The highest BCUT2D eigenvalue weighted by molar-refractivity contribution is 5.93. The Labute approximate surface area is 169 Å². The first-order valence-corrected chi connectivity index (χ1v) is 10.0. The molecule has 0 unspecified atom stereocenters. The Morgan fingerprint density at radius 1 is 1.21 bits per heavy atom. The molecule has 0 atom stereocenters. The van der Waals surface area contributed by atoms with Crippen LogP contribution in [0.25, 0.3) is 11.0 Å². The first kappa shape index (κ1) is 19.2. The van der Waals surface area contributed by atoms with E-state index < -0.39 is 0 Å². The normalized spacial score (nSPS) is 19.4. The number of hydrogen-bond acceptors (Lipinski definition) is 4. The molecule has 1 aliphatic carbocycles. The molecule has 7 heteroatoms. The van der Waals surface area contributed by atoms with E-state index in [2.05, 4.69) is 10.3 Å². The Balaban J connectivity index is 1.42. The Morgan fingerprint density at radius 3 is 2.69 bits per heavy atom. The van der Waals surface area contributed by atoms with Gasteiger partial charge in [0.1, 0.15) is 5.75 Å². The first-order chi connectivity index (χ1) is 13.9. The number of phenols is 1. The number of carbonyl (C=O) groups is 1. The predicted octanol–water partition coefficient (Wildman–Crippen LogP) is 3.19. The van der Waals surface area contributed by atoms with Crippen LogP contribution in [0, 0.1) is 18.8 Å². The molecule has 152 valence electrons. The van der Waals surface area contributed by atoms with Gasteiger partial charge in [-0.1, -0.05) is 0 Å². The number of aromatic hydroxyl groups is 1. The number of hydrogen-bond donors (Lipinski definition) is 2. The molecule has 2 aromatic heterocycles. The molecule has 1 aromatic carbocycles. The van der Waals surface area contributed by atoms with Gasteiger partial charge in [0.05, 0.1) is 11.0 Å². The van der Waals surface area contributed by atoms with Crippen molar-refractivity contribution in [3.8, 4) is 5.75 Å². The first-order valence-electron chi connectivity index (χ1n) is 10.0. The molecule has 1 amide bonds. The highest BCUT2D eigenvalue weighted by Gasteiger charge is 2.27. The summed E-state index contributed by atoms with van der Waals surface area (Å²) in [7, 11) is 1.75. The van der Waals surface area contributed by atoms with Crippen molar-refractivity contribution in [3.05, 3.63) is 52.7 Å². The van der Waals surface area contributed by atoms with Gasteiger partial charge in [-0.25, -0.2) is 4.79 Å². The SMILES string of the molecule is Cc1cnccc1NC(=O)C1CCC(Cn2c(=O)n(C)c3ccc(O)cc32)CC1. The third kappa shape index (κ3) is 3.77. The average molecular weight is 394 g/mol. The summed E-state index contributed by atoms with van der Waals surface area (Å²) in [4.78, 5) is 29.3. The van der Waals surface area contributed by atoms with Crippen molar-refractivity contribution in [2.24, 2.45) is 18.9 Å². The number of aryl methyl sites for hydroxylation is 2. The van der Waals surface area contributed by atoms with Crippen molar-refractivity contribution in [2.75, 3.05) is 5.32 Å². The van der Waals surface area contributed by atoms with Crippen LogP contribution in [-0.4, -0.2) is 25.1 Å². The number of fused-ring (bicyclic) bond motifs is 1. The number of rotatable bonds is 4. The average Bonchev–Trinajstić information content (AvgIpc) is 2.94. The molecule has 1 aliphatic rings. The minimum atomic E-state index is -0.0707. The van der Waals surface area contributed by atoms with Gasteiger partial charge in [-0.05, 0) is 62.3 Å². The molecule has 1 fully saturated rings. The molecule has 29 heavy (non-hydrogen) atoms. The summed E-state index contributed by atoms with van der Waals surface area (Å²) in [5, 5.41) is 12.8. The summed E-state index contributed by atoms with van der Waals surface area (Å²) in [6.07, 6.45) is 6.84. The van der Waals surface area contributed by atoms with Crippen molar-refractivity contribution in [3.63, 3.8) is 0 Å². The fraction of sp³-hybridized carbons (Fsp3) is 0.409. The van der Waals surface area contributed by atoms with Crippen LogP contribution in [0.2, 0.25) is 0 Å². The van der Waals surface area contributed by atoms with Crippen LogP contribution in [0.5, 0.6) is 5.75 Å². The maximum absolute atomic E-state index is 12.7. The minimum Gasteiger partial charge on any atom is -0.508 e. The number of benzene rings is 1. The molecule has 7 nitrogen and oxygen atoms in total. The summed E-state index contributed by atoms with van der Waals surface area (Å²) in [5.74, 6) is 0.549. The highest BCUT2D eigenvalue weighted by atomic mass is 16.3. The second-order valence-electron chi connectivity index (χ2n) is 8.02. The van der Waals surface area contributed by atoms with Gasteiger partial charge in [-0.3, -0.25) is 18.9 Å². The number of nitrogens with zero attached hydrogens (tertiary/aromatic N) is 3. The quantitative estimate of drug-likeness (QED) is 0.711. The van der Waals surface area contributed by atoms with E-state index in [-0.39, 0.29) is 23.3 Å². The van der Waals surface area contributed by atoms with Crippen LogP contribution < -0.4 is 11.0 Å². The van der Waals surface area contributed by atoms with E-state index in [1.165, 1.54) is 0 Å². The molecule has 0 saturated heterocycles. The number of imidazole rings is 1. The summed E-state index contributed by atoms with van der Waals surface area (Å²) < 4.78 is 3.37. The lowest BCUT2D eigenvalue weighted by Crippen LogP contribution is -2.31. The second kappa shape index (κ2) is 7.73. The van der Waals surface area contributed by atoms with Crippen LogP contribution in [0.4, 0.5) is 5.69 Å². The zero-order valence-electron chi connectivity index (χ0n) is 16.8. The number of anilines is 1. The van der Waals surface area contributed by atoms with E-state index in [0.29, 0.717) is 12.5 Å². The maximum Gasteiger partial charge on any atom is 0.328 e. The third-order valence-corrected chi connectivity index (χ3v) is 6.07. The van der Waals surface area contributed by atoms with Crippen molar-refractivity contribution >= 4 is 22.6 Å². The molecule has 4 rings (SSSR count). The zero-order valence-corrected chi connectivity index (χ0v) is 16.8. The second-order valence-corrected chi connectivity index (χ2v) is 8.02. The molecule has 1 saturated carbocycles. The Bertz CT molecular complexity index is 1110. The summed E-state index contributed by atoms with van der Waals surface area (Å²) in [6.45, 7) is 2.54. The Kier molecular flexibility index (Phi) is 5.13. The highest BCUT2D eigenvalue weighted by Crippen LogP contribution is 2.31. The molecule has 0 bridgehead atoms. The number of aromatic nitrogens is 3. The molecular formula is C22H26N4O3. The summed E-state index contributed by atoms with van der Waals surface area (Å²) in [6, 6.07) is 6.83. The van der Waals surface area contributed by atoms with E-state index in [4.69, 9.17) is 0 Å². The van der Waals surface area contributed by atoms with E-state index in [0.717, 1.165) is 48.0 Å². The lowest BCUT2D eigenvalue weighted by Gasteiger charge is -2.28. The molecular weight excluding hydrogens is 368 g/mol. The van der Waals surface area contributed by atoms with Gasteiger partial charge >= 0.3 is 5.69 Å². The van der Waals surface area contributed by atoms with Gasteiger partial charge in [0.25, 0.3) is 0 Å². The van der Waals surface area contributed by atoms with Gasteiger partial charge in [0, 0.05) is 43.7 Å². The Morgan fingerprint density at radius 2 is 1.97 bits per heavy atom. The number of carbonyl (C=O) groups excluding carboxylic acids is 1. The molecule has 3 aromatic rings. The molecule has 2 heterocycles. The van der Waals surface area contributed by atoms with E-state index >= 15 is 0 Å². The maximum atomic E-state index is 12.7. The zero-order chi connectivity index (χ0) is 20.5. The van der Waals surface area contributed by atoms with Crippen LogP contribution in [0.15, 0.2) is 41.5 Å². The number of nitrogens with one attached hydrogen (secondary N) is 1. The topological polar surface area (TPSA) is 89.2 Å².